The van der Waals surface area contributed by atoms with Gasteiger partial charge in [0.1, 0.15) is 5.60 Å². The number of carbonyl (C=O) groups excluding carboxylic acids is 2. The number of hydrogen-bond donors (Lipinski definition) is 0. The standard InChI is InChI=1S/C24H37BN2O5/c1-22(2,3)30-21(29)26(8)19-13-14-27(16-19)20(28)15-17-9-11-18(12-10-17)25-31-23(4,5)24(6,7)32-25/h9-12,19H,13-16H2,1-8H3. The molecule has 2 amide bonds. The van der Waals surface area contributed by atoms with E-state index in [4.69, 9.17) is 14.0 Å². The lowest BCUT2D eigenvalue weighted by Gasteiger charge is -2.32. The summed E-state index contributed by atoms with van der Waals surface area (Å²) in [5, 5.41) is 0. The molecule has 1 aromatic rings. The predicted octanol–water partition coefficient (Wildman–Crippen LogP) is 3.00. The summed E-state index contributed by atoms with van der Waals surface area (Å²) < 4.78 is 17.6. The van der Waals surface area contributed by atoms with E-state index < -0.39 is 12.7 Å². The molecule has 1 aromatic carbocycles. The van der Waals surface area contributed by atoms with Crippen LogP contribution < -0.4 is 5.46 Å². The summed E-state index contributed by atoms with van der Waals surface area (Å²) in [6.07, 6.45) is 0.726. The minimum Gasteiger partial charge on any atom is -0.444 e. The van der Waals surface area contributed by atoms with Gasteiger partial charge in [-0.3, -0.25) is 4.79 Å². The van der Waals surface area contributed by atoms with Crippen LogP contribution in [0.1, 0.15) is 60.5 Å². The van der Waals surface area contributed by atoms with Gasteiger partial charge in [-0.25, -0.2) is 4.79 Å². The predicted molar refractivity (Wildman–Crippen MR) is 125 cm³/mol. The van der Waals surface area contributed by atoms with Crippen LogP contribution in [0.2, 0.25) is 0 Å². The fraction of sp³-hybridized carbons (Fsp3) is 0.667. The summed E-state index contributed by atoms with van der Waals surface area (Å²) in [7, 11) is 1.33. The molecular formula is C24H37BN2O5. The van der Waals surface area contributed by atoms with E-state index in [1.165, 1.54) is 0 Å². The summed E-state index contributed by atoms with van der Waals surface area (Å²) >= 11 is 0. The van der Waals surface area contributed by atoms with Crippen molar-refractivity contribution < 1.29 is 23.6 Å². The molecule has 0 N–H and O–H groups in total. The minimum absolute atomic E-state index is 0.0282. The van der Waals surface area contributed by atoms with Crippen LogP contribution in [-0.4, -0.2) is 71.9 Å². The number of benzene rings is 1. The van der Waals surface area contributed by atoms with Gasteiger partial charge >= 0.3 is 13.2 Å². The number of carbonyl (C=O) groups is 2. The quantitative estimate of drug-likeness (QED) is 0.668. The Bertz CT molecular complexity index is 831. The van der Waals surface area contributed by atoms with Crippen LogP contribution in [0.25, 0.3) is 0 Å². The van der Waals surface area contributed by atoms with Gasteiger partial charge in [-0.2, -0.15) is 0 Å². The third-order valence-corrected chi connectivity index (χ3v) is 6.61. The topological polar surface area (TPSA) is 68.3 Å². The molecule has 7 nitrogen and oxygen atoms in total. The Hall–Kier alpha value is -2.06. The second-order valence-corrected chi connectivity index (χ2v) is 10.9. The summed E-state index contributed by atoms with van der Waals surface area (Å²) in [6.45, 7) is 14.8. The number of hydrogen-bond acceptors (Lipinski definition) is 5. The first-order chi connectivity index (χ1) is 14.7. The maximum absolute atomic E-state index is 12.8. The van der Waals surface area contributed by atoms with Crippen LogP contribution in [0.15, 0.2) is 24.3 Å². The lowest BCUT2D eigenvalue weighted by Crippen LogP contribution is -2.42. The number of nitrogens with zero attached hydrogens (tertiary/aromatic N) is 2. The van der Waals surface area contributed by atoms with Crippen molar-refractivity contribution in [3.8, 4) is 0 Å². The molecule has 0 aromatic heterocycles. The average molecular weight is 444 g/mol. The molecule has 176 valence electrons. The lowest BCUT2D eigenvalue weighted by atomic mass is 9.79. The molecule has 0 saturated carbocycles. The normalized spacial score (nSPS) is 22.2. The van der Waals surface area contributed by atoms with Gasteiger partial charge in [-0.15, -0.1) is 0 Å². The first kappa shape index (κ1) is 24.6. The Kier molecular flexibility index (Phi) is 6.69. The molecule has 0 spiro atoms. The second kappa shape index (κ2) is 8.71. The van der Waals surface area contributed by atoms with Gasteiger partial charge in [0.2, 0.25) is 5.91 Å². The summed E-state index contributed by atoms with van der Waals surface area (Å²) in [5.74, 6) is 0.0634. The smallest absolute Gasteiger partial charge is 0.444 e. The van der Waals surface area contributed by atoms with Crippen molar-refractivity contribution in [2.24, 2.45) is 0 Å². The highest BCUT2D eigenvalue weighted by Gasteiger charge is 2.51. The summed E-state index contributed by atoms with van der Waals surface area (Å²) in [5.41, 5.74) is 0.584. The van der Waals surface area contributed by atoms with Crippen LogP contribution in [0, 0.1) is 0 Å². The van der Waals surface area contributed by atoms with E-state index in [1.807, 2.05) is 77.6 Å². The van der Waals surface area contributed by atoms with Gasteiger partial charge in [-0.1, -0.05) is 24.3 Å². The van der Waals surface area contributed by atoms with E-state index in [1.54, 1.807) is 11.9 Å². The highest BCUT2D eigenvalue weighted by Crippen LogP contribution is 2.36. The van der Waals surface area contributed by atoms with Crippen molar-refractivity contribution >= 4 is 24.6 Å². The highest BCUT2D eigenvalue weighted by atomic mass is 16.7. The molecule has 8 heteroatoms. The molecule has 1 atom stereocenters. The third-order valence-electron chi connectivity index (χ3n) is 6.61. The second-order valence-electron chi connectivity index (χ2n) is 10.9. The molecule has 32 heavy (non-hydrogen) atoms. The molecule has 2 aliphatic heterocycles. The van der Waals surface area contributed by atoms with Crippen molar-refractivity contribution in [3.05, 3.63) is 29.8 Å². The number of likely N-dealkylation sites (tertiary alicyclic amines) is 1. The van der Waals surface area contributed by atoms with Gasteiger partial charge in [0, 0.05) is 20.1 Å². The van der Waals surface area contributed by atoms with Gasteiger partial charge in [0.05, 0.1) is 23.7 Å². The van der Waals surface area contributed by atoms with Crippen molar-refractivity contribution in [3.63, 3.8) is 0 Å². The van der Waals surface area contributed by atoms with Crippen molar-refractivity contribution in [1.82, 2.24) is 9.80 Å². The zero-order valence-corrected chi connectivity index (χ0v) is 20.7. The van der Waals surface area contributed by atoms with E-state index in [2.05, 4.69) is 0 Å². The van der Waals surface area contributed by atoms with Crippen LogP contribution in [-0.2, 0) is 25.3 Å². The maximum Gasteiger partial charge on any atom is 0.494 e. The first-order valence-electron chi connectivity index (χ1n) is 11.4. The molecule has 2 heterocycles. The Morgan fingerprint density at radius 3 is 2.22 bits per heavy atom. The minimum atomic E-state index is -0.536. The Morgan fingerprint density at radius 1 is 1.12 bits per heavy atom. The van der Waals surface area contributed by atoms with Crippen molar-refractivity contribution in [2.75, 3.05) is 20.1 Å². The van der Waals surface area contributed by atoms with Gasteiger partial charge in [0.15, 0.2) is 0 Å². The zero-order chi connectivity index (χ0) is 23.9. The first-order valence-corrected chi connectivity index (χ1v) is 11.4. The van der Waals surface area contributed by atoms with E-state index in [0.717, 1.165) is 17.4 Å². The number of ether oxygens (including phenoxy) is 1. The van der Waals surface area contributed by atoms with Crippen LogP contribution >= 0.6 is 0 Å². The third kappa shape index (κ3) is 5.46. The molecule has 2 aliphatic rings. The fourth-order valence-electron chi connectivity index (χ4n) is 3.83. The maximum atomic E-state index is 12.8. The average Bonchev–Trinajstić information content (AvgIpc) is 3.23. The Morgan fingerprint density at radius 2 is 1.69 bits per heavy atom. The summed E-state index contributed by atoms with van der Waals surface area (Å²) in [6, 6.07) is 7.82. The van der Waals surface area contributed by atoms with Crippen LogP contribution in [0.4, 0.5) is 4.79 Å². The van der Waals surface area contributed by atoms with E-state index in [-0.39, 0.29) is 29.2 Å². The molecule has 3 rings (SSSR count). The van der Waals surface area contributed by atoms with Crippen LogP contribution in [0.5, 0.6) is 0 Å². The molecule has 1 unspecified atom stereocenters. The SMILES string of the molecule is CN(C(=O)OC(C)(C)C)C1CCN(C(=O)Cc2ccc(B3OC(C)(C)C(C)(C)O3)cc2)C1. The lowest BCUT2D eigenvalue weighted by molar-refractivity contribution is -0.129. The van der Waals surface area contributed by atoms with E-state index in [9.17, 15) is 9.59 Å². The number of rotatable bonds is 4. The van der Waals surface area contributed by atoms with Crippen molar-refractivity contribution in [1.29, 1.82) is 0 Å². The number of likely N-dealkylation sites (N-methyl/N-ethyl adjacent to an activating group) is 1. The molecular weight excluding hydrogens is 407 g/mol. The molecule has 0 bridgehead atoms. The van der Waals surface area contributed by atoms with E-state index >= 15 is 0 Å². The Labute approximate surface area is 192 Å². The fourth-order valence-corrected chi connectivity index (χ4v) is 3.83. The molecule has 2 saturated heterocycles. The van der Waals surface area contributed by atoms with Crippen LogP contribution in [0.3, 0.4) is 0 Å². The zero-order valence-electron chi connectivity index (χ0n) is 20.7. The van der Waals surface area contributed by atoms with Gasteiger partial charge < -0.3 is 23.8 Å². The number of amides is 2. The monoisotopic (exact) mass is 444 g/mol. The Balaban J connectivity index is 1.54. The summed E-state index contributed by atoms with van der Waals surface area (Å²) in [4.78, 5) is 28.6. The molecule has 0 aliphatic carbocycles. The highest BCUT2D eigenvalue weighted by molar-refractivity contribution is 6.62. The van der Waals surface area contributed by atoms with Crippen molar-refractivity contribution in [2.45, 2.75) is 84.2 Å². The molecule has 2 fully saturated rings. The van der Waals surface area contributed by atoms with Gasteiger partial charge in [-0.05, 0) is 65.9 Å². The van der Waals surface area contributed by atoms with E-state index in [0.29, 0.717) is 19.5 Å². The van der Waals surface area contributed by atoms with Gasteiger partial charge in [0.25, 0.3) is 0 Å². The largest absolute Gasteiger partial charge is 0.494 e. The molecule has 0 radical (unpaired) electrons.